The third kappa shape index (κ3) is 5.27. The number of anilines is 3. The number of rotatable bonds is 7. The molecule has 0 aliphatic carbocycles. The van der Waals surface area contributed by atoms with Crippen LogP contribution in [-0.4, -0.2) is 52.4 Å². The monoisotopic (exact) mass is 483 g/mol. The fourth-order valence-corrected chi connectivity index (χ4v) is 4.26. The van der Waals surface area contributed by atoms with Gasteiger partial charge in [0.15, 0.2) is 5.82 Å². The summed E-state index contributed by atoms with van der Waals surface area (Å²) >= 11 is 0. The van der Waals surface area contributed by atoms with E-state index in [1.165, 1.54) is 0 Å². The van der Waals surface area contributed by atoms with Crippen LogP contribution in [0.1, 0.15) is 30.7 Å². The summed E-state index contributed by atoms with van der Waals surface area (Å²) in [6.07, 6.45) is 1.73. The predicted octanol–water partition coefficient (Wildman–Crippen LogP) is 4.55. The van der Waals surface area contributed by atoms with Gasteiger partial charge in [0.1, 0.15) is 24.0 Å². The van der Waals surface area contributed by atoms with E-state index in [1.807, 2.05) is 24.8 Å². The van der Waals surface area contributed by atoms with Crippen molar-refractivity contribution in [2.45, 2.75) is 26.8 Å². The molecule has 0 amide bonds. The van der Waals surface area contributed by atoms with E-state index in [-0.39, 0.29) is 35.5 Å². The lowest BCUT2D eigenvalue weighted by molar-refractivity contribution is 0.229. The van der Waals surface area contributed by atoms with Crippen molar-refractivity contribution in [1.82, 2.24) is 19.9 Å². The van der Waals surface area contributed by atoms with Crippen LogP contribution in [-0.2, 0) is 13.0 Å². The number of aromatic nitrogens is 3. The standard InChI is InChI=1S/C25H28F3N7/c1-14(2)23(30-3)17-10-16(11-18(27)22(17)29)24-19(28)12-31-25(34-24)33-21-5-4-15-13-35(9-7-26)8-6-20(15)32-21/h4-5,10-12,14H,6-9,13,29H2,1-3H3,(H,31,32,33,34). The van der Waals surface area contributed by atoms with Crippen molar-refractivity contribution in [2.24, 2.45) is 10.9 Å². The van der Waals surface area contributed by atoms with E-state index in [0.29, 0.717) is 36.6 Å². The second-order valence-electron chi connectivity index (χ2n) is 8.72. The maximum atomic E-state index is 14.7. The molecule has 1 aromatic carbocycles. The molecule has 10 heteroatoms. The number of fused-ring (bicyclic) bond motifs is 1. The molecule has 2 aromatic heterocycles. The molecule has 0 saturated heterocycles. The first-order valence-electron chi connectivity index (χ1n) is 11.4. The third-order valence-electron chi connectivity index (χ3n) is 5.98. The highest BCUT2D eigenvalue weighted by Crippen LogP contribution is 2.30. The van der Waals surface area contributed by atoms with Crippen LogP contribution in [0.25, 0.3) is 11.3 Å². The zero-order valence-electron chi connectivity index (χ0n) is 19.9. The molecule has 1 aliphatic rings. The highest BCUT2D eigenvalue weighted by atomic mass is 19.1. The SMILES string of the molecule is CN=C(c1cc(-c2nc(Nc3ccc4c(n3)CCN(CCF)C4)ncc2F)cc(F)c1N)C(C)C. The highest BCUT2D eigenvalue weighted by molar-refractivity contribution is 6.06. The van der Waals surface area contributed by atoms with Gasteiger partial charge in [-0.05, 0) is 29.7 Å². The average Bonchev–Trinajstić information content (AvgIpc) is 2.83. The number of hydrogen-bond acceptors (Lipinski definition) is 7. The minimum atomic E-state index is -0.698. The molecule has 1 aliphatic heterocycles. The van der Waals surface area contributed by atoms with Crippen LogP contribution in [0.5, 0.6) is 0 Å². The summed E-state index contributed by atoms with van der Waals surface area (Å²) < 4.78 is 42.1. The van der Waals surface area contributed by atoms with Crippen molar-refractivity contribution in [1.29, 1.82) is 0 Å². The van der Waals surface area contributed by atoms with Crippen molar-refractivity contribution in [3.05, 3.63) is 58.9 Å². The maximum Gasteiger partial charge on any atom is 0.229 e. The topological polar surface area (TPSA) is 92.3 Å². The van der Waals surface area contributed by atoms with Gasteiger partial charge in [0.25, 0.3) is 0 Å². The lowest BCUT2D eigenvalue weighted by atomic mass is 9.95. The summed E-state index contributed by atoms with van der Waals surface area (Å²) in [5.41, 5.74) is 9.06. The van der Waals surface area contributed by atoms with Gasteiger partial charge in [-0.3, -0.25) is 9.89 Å². The Labute approximate surface area is 202 Å². The van der Waals surface area contributed by atoms with Crippen LogP contribution in [0.15, 0.2) is 35.5 Å². The number of nitrogen functional groups attached to an aromatic ring is 1. The Bertz CT molecular complexity index is 1260. The van der Waals surface area contributed by atoms with Crippen molar-refractivity contribution < 1.29 is 13.2 Å². The molecular weight excluding hydrogens is 455 g/mol. The second kappa shape index (κ2) is 10.4. The van der Waals surface area contributed by atoms with Gasteiger partial charge in [-0.15, -0.1) is 0 Å². The summed E-state index contributed by atoms with van der Waals surface area (Å²) in [4.78, 5) is 19.2. The average molecular weight is 484 g/mol. The fourth-order valence-electron chi connectivity index (χ4n) is 4.26. The highest BCUT2D eigenvalue weighted by Gasteiger charge is 2.20. The van der Waals surface area contributed by atoms with E-state index >= 15 is 0 Å². The fraction of sp³-hybridized carbons (Fsp3) is 0.360. The molecule has 0 saturated carbocycles. The van der Waals surface area contributed by atoms with Gasteiger partial charge in [0.05, 0.1) is 11.9 Å². The number of halogens is 3. The van der Waals surface area contributed by atoms with Crippen molar-refractivity contribution in [3.8, 4) is 11.3 Å². The molecule has 3 N–H and O–H groups in total. The van der Waals surface area contributed by atoms with Gasteiger partial charge in [-0.2, -0.15) is 0 Å². The lowest BCUT2D eigenvalue weighted by Gasteiger charge is -2.27. The summed E-state index contributed by atoms with van der Waals surface area (Å²) in [6.45, 7) is 5.24. The third-order valence-corrected chi connectivity index (χ3v) is 5.98. The molecule has 184 valence electrons. The quantitative estimate of drug-likeness (QED) is 0.379. The van der Waals surface area contributed by atoms with Gasteiger partial charge in [-0.25, -0.2) is 28.1 Å². The van der Waals surface area contributed by atoms with Crippen LogP contribution in [0, 0.1) is 17.6 Å². The zero-order valence-corrected chi connectivity index (χ0v) is 19.9. The van der Waals surface area contributed by atoms with Gasteiger partial charge in [0, 0.05) is 55.6 Å². The Morgan fingerprint density at radius 2 is 2.00 bits per heavy atom. The zero-order chi connectivity index (χ0) is 25.1. The van der Waals surface area contributed by atoms with E-state index < -0.39 is 11.6 Å². The van der Waals surface area contributed by atoms with Crippen molar-refractivity contribution in [3.63, 3.8) is 0 Å². The number of aliphatic imine (C=N–C) groups is 1. The first-order valence-corrected chi connectivity index (χ1v) is 11.4. The van der Waals surface area contributed by atoms with Crippen LogP contribution >= 0.6 is 0 Å². The second-order valence-corrected chi connectivity index (χ2v) is 8.72. The Kier molecular flexibility index (Phi) is 7.30. The number of pyridine rings is 1. The van der Waals surface area contributed by atoms with Crippen LogP contribution in [0.4, 0.5) is 30.6 Å². The van der Waals surface area contributed by atoms with E-state index in [2.05, 4.69) is 25.3 Å². The molecule has 3 heterocycles. The minimum absolute atomic E-state index is 0.0106. The van der Waals surface area contributed by atoms with E-state index in [9.17, 15) is 13.2 Å². The van der Waals surface area contributed by atoms with Crippen LogP contribution in [0.3, 0.4) is 0 Å². The first-order chi connectivity index (χ1) is 16.8. The molecule has 0 bridgehead atoms. The van der Waals surface area contributed by atoms with Crippen LogP contribution in [0.2, 0.25) is 0 Å². The molecule has 0 spiro atoms. The van der Waals surface area contributed by atoms with Crippen molar-refractivity contribution in [2.75, 3.05) is 37.9 Å². The molecule has 0 unspecified atom stereocenters. The Morgan fingerprint density at radius 3 is 2.71 bits per heavy atom. The smallest absolute Gasteiger partial charge is 0.229 e. The molecule has 0 atom stereocenters. The molecule has 3 aromatic rings. The lowest BCUT2D eigenvalue weighted by Crippen LogP contribution is -2.32. The number of nitrogens with zero attached hydrogens (tertiary/aromatic N) is 5. The molecule has 7 nitrogen and oxygen atoms in total. The van der Waals surface area contributed by atoms with Gasteiger partial charge >= 0.3 is 0 Å². The normalized spacial score (nSPS) is 14.3. The van der Waals surface area contributed by atoms with Crippen LogP contribution < -0.4 is 11.1 Å². The van der Waals surface area contributed by atoms with Crippen molar-refractivity contribution >= 4 is 23.2 Å². The molecule has 35 heavy (non-hydrogen) atoms. The number of nitrogens with one attached hydrogen (secondary N) is 1. The summed E-state index contributed by atoms with van der Waals surface area (Å²) in [5.74, 6) is -0.759. The predicted molar refractivity (Wildman–Crippen MR) is 132 cm³/mol. The molecule has 0 fully saturated rings. The minimum Gasteiger partial charge on any atom is -0.396 e. The maximum absolute atomic E-state index is 14.7. The van der Waals surface area contributed by atoms with E-state index in [0.717, 1.165) is 30.1 Å². The molecule has 0 radical (unpaired) electrons. The number of alkyl halides is 1. The Morgan fingerprint density at radius 1 is 1.20 bits per heavy atom. The number of nitrogens with two attached hydrogens (primary N) is 1. The first kappa shape index (κ1) is 24.6. The largest absolute Gasteiger partial charge is 0.396 e. The Balaban J connectivity index is 1.64. The summed E-state index contributed by atoms with van der Waals surface area (Å²) in [6, 6.07) is 6.45. The molecule has 4 rings (SSSR count). The Hall–Kier alpha value is -3.53. The van der Waals surface area contributed by atoms with E-state index in [1.54, 1.807) is 19.2 Å². The van der Waals surface area contributed by atoms with Gasteiger partial charge < -0.3 is 11.1 Å². The van der Waals surface area contributed by atoms with Gasteiger partial charge in [0.2, 0.25) is 5.95 Å². The van der Waals surface area contributed by atoms with E-state index in [4.69, 9.17) is 5.73 Å². The summed E-state index contributed by atoms with van der Waals surface area (Å²) in [7, 11) is 1.61. The summed E-state index contributed by atoms with van der Waals surface area (Å²) in [5, 5.41) is 3.00. The number of hydrogen-bond donors (Lipinski definition) is 2. The number of benzene rings is 1. The molecular formula is C25H28F3N7. The van der Waals surface area contributed by atoms with Gasteiger partial charge in [-0.1, -0.05) is 19.9 Å².